The van der Waals surface area contributed by atoms with E-state index in [0.717, 1.165) is 48.4 Å². The zero-order chi connectivity index (χ0) is 16.1. The lowest BCUT2D eigenvalue weighted by molar-refractivity contribution is 0.197. The van der Waals surface area contributed by atoms with Crippen LogP contribution in [0.3, 0.4) is 0 Å². The van der Waals surface area contributed by atoms with Crippen molar-refractivity contribution in [3.8, 4) is 11.5 Å². The lowest BCUT2D eigenvalue weighted by Gasteiger charge is -2.31. The first-order valence-corrected chi connectivity index (χ1v) is 8.77. The van der Waals surface area contributed by atoms with Gasteiger partial charge in [0.1, 0.15) is 23.1 Å². The van der Waals surface area contributed by atoms with Gasteiger partial charge in [-0.05, 0) is 31.2 Å². The first-order valence-electron chi connectivity index (χ1n) is 7.89. The molecule has 3 rings (SSSR count). The molecule has 1 aromatic heterocycles. The van der Waals surface area contributed by atoms with Gasteiger partial charge < -0.3 is 14.8 Å². The number of ether oxygens (including phenoxy) is 2. The average Bonchev–Trinajstić information content (AvgIpc) is 3.01. The number of aromatic nitrogens is 1. The maximum absolute atomic E-state index is 5.78. The molecule has 1 atom stereocenters. The molecule has 24 heavy (non-hydrogen) atoms. The summed E-state index contributed by atoms with van der Waals surface area (Å²) in [5.41, 5.74) is 1.14. The summed E-state index contributed by atoms with van der Waals surface area (Å²) in [7, 11) is 1.66. The maximum Gasteiger partial charge on any atom is 0.140 e. The van der Waals surface area contributed by atoms with Crippen molar-refractivity contribution in [2.24, 2.45) is 0 Å². The van der Waals surface area contributed by atoms with E-state index in [1.54, 1.807) is 18.4 Å². The van der Waals surface area contributed by atoms with Crippen molar-refractivity contribution in [3.05, 3.63) is 40.3 Å². The van der Waals surface area contributed by atoms with Gasteiger partial charge in [-0.25, -0.2) is 4.98 Å². The van der Waals surface area contributed by atoms with Gasteiger partial charge in [0.2, 0.25) is 0 Å². The van der Waals surface area contributed by atoms with Crippen molar-refractivity contribution in [1.82, 2.24) is 15.2 Å². The van der Waals surface area contributed by atoms with Gasteiger partial charge in [-0.3, -0.25) is 4.90 Å². The zero-order valence-corrected chi connectivity index (χ0v) is 15.7. The van der Waals surface area contributed by atoms with Crippen LogP contribution in [0, 0.1) is 0 Å². The van der Waals surface area contributed by atoms with E-state index < -0.39 is 0 Å². The number of hydrogen-bond acceptors (Lipinski definition) is 6. The van der Waals surface area contributed by atoms with Crippen LogP contribution in [-0.4, -0.2) is 42.7 Å². The van der Waals surface area contributed by atoms with Gasteiger partial charge >= 0.3 is 0 Å². The van der Waals surface area contributed by atoms with Crippen molar-refractivity contribution in [2.75, 3.05) is 26.7 Å². The number of benzene rings is 1. The Kier molecular flexibility index (Phi) is 7.30. The Morgan fingerprint density at radius 1 is 1.29 bits per heavy atom. The SMILES string of the molecule is COc1ccc(OCc2nc(CN3CCNC(C)C3)cs2)cc1.Cl. The third-order valence-corrected chi connectivity index (χ3v) is 4.73. The number of rotatable bonds is 6. The number of halogens is 1. The van der Waals surface area contributed by atoms with E-state index in [0.29, 0.717) is 12.6 Å². The Hall–Kier alpha value is -1.34. The van der Waals surface area contributed by atoms with Gasteiger partial charge in [0.05, 0.1) is 12.8 Å². The molecule has 1 saturated heterocycles. The highest BCUT2D eigenvalue weighted by Crippen LogP contribution is 2.19. The zero-order valence-electron chi connectivity index (χ0n) is 14.0. The third-order valence-electron chi connectivity index (χ3n) is 3.86. The van der Waals surface area contributed by atoms with Crippen LogP contribution < -0.4 is 14.8 Å². The van der Waals surface area contributed by atoms with Crippen LogP contribution in [0.1, 0.15) is 17.6 Å². The molecule has 132 valence electrons. The normalized spacial score (nSPS) is 18.0. The van der Waals surface area contributed by atoms with Crippen molar-refractivity contribution >= 4 is 23.7 Å². The predicted octanol–water partition coefficient (Wildman–Crippen LogP) is 2.95. The number of methoxy groups -OCH3 is 1. The van der Waals surface area contributed by atoms with E-state index in [1.165, 1.54) is 0 Å². The van der Waals surface area contributed by atoms with Crippen LogP contribution in [-0.2, 0) is 13.2 Å². The highest BCUT2D eigenvalue weighted by molar-refractivity contribution is 7.09. The molecule has 1 aliphatic rings. The van der Waals surface area contributed by atoms with Crippen molar-refractivity contribution in [3.63, 3.8) is 0 Å². The molecule has 1 aromatic carbocycles. The van der Waals surface area contributed by atoms with E-state index in [2.05, 4.69) is 27.5 Å². The summed E-state index contributed by atoms with van der Waals surface area (Å²) >= 11 is 1.66. The van der Waals surface area contributed by atoms with Crippen molar-refractivity contribution in [2.45, 2.75) is 26.1 Å². The topological polar surface area (TPSA) is 46.6 Å². The summed E-state index contributed by atoms with van der Waals surface area (Å²) in [6, 6.07) is 8.17. The van der Waals surface area contributed by atoms with Crippen LogP contribution in [0.15, 0.2) is 29.6 Å². The Labute approximate surface area is 153 Å². The summed E-state index contributed by atoms with van der Waals surface area (Å²) in [6.07, 6.45) is 0. The second-order valence-corrected chi connectivity index (χ2v) is 6.73. The van der Waals surface area contributed by atoms with Gasteiger partial charge in [0.25, 0.3) is 0 Å². The maximum atomic E-state index is 5.78. The average molecular weight is 370 g/mol. The molecule has 0 radical (unpaired) electrons. The van der Waals surface area contributed by atoms with Crippen molar-refractivity contribution < 1.29 is 9.47 Å². The summed E-state index contributed by atoms with van der Waals surface area (Å²) < 4.78 is 10.9. The molecule has 5 nitrogen and oxygen atoms in total. The van der Waals surface area contributed by atoms with E-state index in [9.17, 15) is 0 Å². The lowest BCUT2D eigenvalue weighted by atomic mass is 10.2. The van der Waals surface area contributed by atoms with Gasteiger partial charge in [-0.15, -0.1) is 23.7 Å². The molecule has 0 saturated carbocycles. The fourth-order valence-electron chi connectivity index (χ4n) is 2.69. The minimum Gasteiger partial charge on any atom is -0.497 e. The molecule has 0 bridgehead atoms. The summed E-state index contributed by atoms with van der Waals surface area (Å²) in [5, 5.41) is 6.61. The lowest BCUT2D eigenvalue weighted by Crippen LogP contribution is -2.48. The van der Waals surface area contributed by atoms with Crippen LogP contribution >= 0.6 is 23.7 Å². The molecule has 1 aliphatic heterocycles. The van der Waals surface area contributed by atoms with E-state index in [4.69, 9.17) is 9.47 Å². The molecule has 1 N–H and O–H groups in total. The molecule has 2 heterocycles. The Bertz CT molecular complexity index is 621. The summed E-state index contributed by atoms with van der Waals surface area (Å²) in [5.74, 6) is 1.66. The van der Waals surface area contributed by atoms with E-state index >= 15 is 0 Å². The Morgan fingerprint density at radius 2 is 2.04 bits per heavy atom. The molecule has 0 amide bonds. The number of hydrogen-bond donors (Lipinski definition) is 1. The van der Waals surface area contributed by atoms with Gasteiger partial charge in [0, 0.05) is 37.6 Å². The van der Waals surface area contributed by atoms with Crippen LogP contribution in [0.5, 0.6) is 11.5 Å². The molecule has 0 aliphatic carbocycles. The number of nitrogens with zero attached hydrogens (tertiary/aromatic N) is 2. The fourth-order valence-corrected chi connectivity index (χ4v) is 3.39. The fraction of sp³-hybridized carbons (Fsp3) is 0.471. The second kappa shape index (κ2) is 9.22. The first-order chi connectivity index (χ1) is 11.2. The quantitative estimate of drug-likeness (QED) is 0.848. The second-order valence-electron chi connectivity index (χ2n) is 5.79. The molecule has 0 spiro atoms. The number of nitrogens with one attached hydrogen (secondary N) is 1. The van der Waals surface area contributed by atoms with Crippen LogP contribution in [0.4, 0.5) is 0 Å². The van der Waals surface area contributed by atoms with Gasteiger partial charge in [-0.1, -0.05) is 0 Å². The van der Waals surface area contributed by atoms with Gasteiger partial charge in [-0.2, -0.15) is 0 Å². The first kappa shape index (κ1) is 19.0. The molecule has 2 aromatic rings. The number of thiazole rings is 1. The highest BCUT2D eigenvalue weighted by atomic mass is 35.5. The highest BCUT2D eigenvalue weighted by Gasteiger charge is 2.16. The minimum atomic E-state index is 0. The summed E-state index contributed by atoms with van der Waals surface area (Å²) in [4.78, 5) is 7.13. The van der Waals surface area contributed by atoms with Crippen LogP contribution in [0.2, 0.25) is 0 Å². The Balaban J connectivity index is 0.00000208. The van der Waals surface area contributed by atoms with Crippen molar-refractivity contribution in [1.29, 1.82) is 0 Å². The molecule has 1 unspecified atom stereocenters. The third kappa shape index (κ3) is 5.34. The standard InChI is InChI=1S/C17H23N3O2S.ClH/c1-13-9-20(8-7-18-13)10-14-12-23-17(19-14)11-22-16-5-3-15(21-2)4-6-16;/h3-6,12-13,18H,7-11H2,1-2H3;1H. The molecular formula is C17H24ClN3O2S. The molecular weight excluding hydrogens is 346 g/mol. The molecule has 7 heteroatoms. The predicted molar refractivity (Wildman–Crippen MR) is 99.4 cm³/mol. The van der Waals surface area contributed by atoms with Gasteiger partial charge in [0.15, 0.2) is 0 Å². The van der Waals surface area contributed by atoms with E-state index in [1.807, 2.05) is 24.3 Å². The Morgan fingerprint density at radius 3 is 2.75 bits per heavy atom. The summed E-state index contributed by atoms with van der Waals surface area (Å²) in [6.45, 7) is 6.87. The number of piperazine rings is 1. The minimum absolute atomic E-state index is 0. The largest absolute Gasteiger partial charge is 0.497 e. The smallest absolute Gasteiger partial charge is 0.140 e. The monoisotopic (exact) mass is 369 g/mol. The van der Waals surface area contributed by atoms with Crippen LogP contribution in [0.25, 0.3) is 0 Å². The van der Waals surface area contributed by atoms with E-state index in [-0.39, 0.29) is 12.4 Å². The molecule has 1 fully saturated rings.